The topological polar surface area (TPSA) is 71.2 Å². The van der Waals surface area contributed by atoms with Crippen LogP contribution in [0.15, 0.2) is 35.7 Å². The van der Waals surface area contributed by atoms with Gasteiger partial charge in [-0.05, 0) is 37.5 Å². The Morgan fingerprint density at radius 1 is 1.41 bits per heavy atom. The number of methoxy groups -OCH3 is 1. The van der Waals surface area contributed by atoms with Crippen LogP contribution in [0.1, 0.15) is 30.2 Å². The Hall–Kier alpha value is -2.56. The Balaban J connectivity index is 2.23. The minimum atomic E-state index is -0.226. The summed E-state index contributed by atoms with van der Waals surface area (Å²) < 4.78 is 4.65. The molecule has 5 heteroatoms. The molecule has 0 saturated heterocycles. The van der Waals surface area contributed by atoms with Crippen molar-refractivity contribution in [3.8, 4) is 0 Å². The number of aromatic nitrogens is 1. The molecule has 1 aliphatic rings. The van der Waals surface area contributed by atoms with Crippen LogP contribution in [0.4, 0.5) is 0 Å². The van der Waals surface area contributed by atoms with E-state index in [1.54, 1.807) is 13.0 Å². The maximum atomic E-state index is 11.7. The van der Waals surface area contributed by atoms with Crippen LogP contribution in [0.3, 0.4) is 0 Å². The van der Waals surface area contributed by atoms with E-state index >= 15 is 0 Å². The predicted octanol–water partition coefficient (Wildman–Crippen LogP) is 2.40. The molecule has 0 unspecified atom stereocenters. The van der Waals surface area contributed by atoms with Crippen molar-refractivity contribution >= 4 is 18.0 Å². The number of aromatic amines is 1. The number of H-pyrrole nitrogens is 1. The van der Waals surface area contributed by atoms with E-state index in [-0.39, 0.29) is 11.9 Å². The molecular weight excluding hydrogens is 280 g/mol. The number of allylic oxidation sites excluding steroid dienone is 1. The Bertz CT molecular complexity index is 693. The summed E-state index contributed by atoms with van der Waals surface area (Å²) in [7, 11) is 1.39. The fourth-order valence-electron chi connectivity index (χ4n) is 2.43. The lowest BCUT2D eigenvalue weighted by Crippen LogP contribution is -2.15. The van der Waals surface area contributed by atoms with Gasteiger partial charge in [0.1, 0.15) is 0 Å². The zero-order valence-electron chi connectivity index (χ0n) is 13.1. The third-order valence-electron chi connectivity index (χ3n) is 3.89. The summed E-state index contributed by atoms with van der Waals surface area (Å²) in [4.78, 5) is 26.1. The summed E-state index contributed by atoms with van der Waals surface area (Å²) >= 11 is 0. The van der Waals surface area contributed by atoms with Crippen molar-refractivity contribution in [2.75, 3.05) is 7.11 Å². The molecule has 0 bridgehead atoms. The third-order valence-corrected chi connectivity index (χ3v) is 3.89. The van der Waals surface area contributed by atoms with Crippen molar-refractivity contribution in [2.24, 2.45) is 0 Å². The van der Waals surface area contributed by atoms with Gasteiger partial charge < -0.3 is 15.0 Å². The molecule has 2 N–H and O–H groups in total. The smallest absolute Gasteiger partial charge is 0.305 e. The number of aryl methyl sites for hydroxylation is 1. The van der Waals surface area contributed by atoms with Crippen molar-refractivity contribution in [3.63, 3.8) is 0 Å². The molecule has 0 aliphatic carbocycles. The highest BCUT2D eigenvalue weighted by Gasteiger charge is 2.22. The van der Waals surface area contributed by atoms with Gasteiger partial charge in [-0.3, -0.25) is 9.59 Å². The Morgan fingerprint density at radius 2 is 2.14 bits per heavy atom. The summed E-state index contributed by atoms with van der Waals surface area (Å²) in [6.45, 7) is 7.51. The molecule has 0 atom stereocenters. The van der Waals surface area contributed by atoms with Gasteiger partial charge in [-0.1, -0.05) is 12.7 Å². The third kappa shape index (κ3) is 3.03. The number of carbonyl (C=O) groups is 2. The van der Waals surface area contributed by atoms with Gasteiger partial charge >= 0.3 is 5.97 Å². The van der Waals surface area contributed by atoms with Crippen LogP contribution in [-0.4, -0.2) is 24.0 Å². The minimum Gasteiger partial charge on any atom is -0.469 e. The largest absolute Gasteiger partial charge is 0.469 e. The fourth-order valence-corrected chi connectivity index (χ4v) is 2.43. The molecule has 1 amide bonds. The molecule has 1 aliphatic heterocycles. The zero-order valence-corrected chi connectivity index (χ0v) is 13.1. The summed E-state index contributed by atoms with van der Waals surface area (Å²) in [5, 5.41) is 2.83. The van der Waals surface area contributed by atoms with E-state index in [4.69, 9.17) is 0 Å². The Morgan fingerprint density at radius 3 is 2.77 bits per heavy atom. The van der Waals surface area contributed by atoms with Gasteiger partial charge in [0.25, 0.3) is 5.91 Å². The summed E-state index contributed by atoms with van der Waals surface area (Å²) in [6, 6.07) is 0. The van der Waals surface area contributed by atoms with Crippen molar-refractivity contribution in [3.05, 3.63) is 52.5 Å². The van der Waals surface area contributed by atoms with Crippen molar-refractivity contribution in [1.82, 2.24) is 10.3 Å². The molecule has 1 aromatic rings. The number of nitrogens with one attached hydrogen (secondary N) is 2. The van der Waals surface area contributed by atoms with E-state index in [9.17, 15) is 9.59 Å². The Kier molecular flexibility index (Phi) is 4.65. The zero-order chi connectivity index (χ0) is 16.3. The SMILES string of the molecule is C=CC1=C(C)C(=O)N/C1=C\c1[nH]cc(CCC(=O)OC)c1C. The fraction of sp³-hybridized carbons (Fsp3) is 0.294. The molecule has 0 spiro atoms. The normalized spacial score (nSPS) is 16.1. The molecule has 0 saturated carbocycles. The molecule has 5 nitrogen and oxygen atoms in total. The lowest BCUT2D eigenvalue weighted by molar-refractivity contribution is -0.140. The summed E-state index contributed by atoms with van der Waals surface area (Å²) in [6.07, 6.45) is 6.41. The monoisotopic (exact) mass is 300 g/mol. The first-order valence-electron chi connectivity index (χ1n) is 7.08. The molecule has 0 radical (unpaired) electrons. The van der Waals surface area contributed by atoms with Crippen LogP contribution in [0.5, 0.6) is 0 Å². The molecule has 0 aromatic carbocycles. The molecule has 2 heterocycles. The lowest BCUT2D eigenvalue weighted by Gasteiger charge is -2.02. The van der Waals surface area contributed by atoms with Gasteiger partial charge in [-0.25, -0.2) is 0 Å². The van der Waals surface area contributed by atoms with Crippen LogP contribution in [0.2, 0.25) is 0 Å². The van der Waals surface area contributed by atoms with Gasteiger partial charge in [0, 0.05) is 29.5 Å². The van der Waals surface area contributed by atoms with Crippen LogP contribution in [0, 0.1) is 6.92 Å². The number of hydrogen-bond donors (Lipinski definition) is 2. The highest BCUT2D eigenvalue weighted by Crippen LogP contribution is 2.25. The van der Waals surface area contributed by atoms with Gasteiger partial charge in [0.15, 0.2) is 0 Å². The van der Waals surface area contributed by atoms with Crippen molar-refractivity contribution in [2.45, 2.75) is 26.7 Å². The average Bonchev–Trinajstić information content (AvgIpc) is 2.98. The second kappa shape index (κ2) is 6.47. The first-order valence-corrected chi connectivity index (χ1v) is 7.08. The van der Waals surface area contributed by atoms with Crippen LogP contribution in [-0.2, 0) is 20.7 Å². The van der Waals surface area contributed by atoms with E-state index in [1.807, 2.05) is 19.2 Å². The van der Waals surface area contributed by atoms with Crippen LogP contribution >= 0.6 is 0 Å². The molecule has 0 fully saturated rings. The minimum absolute atomic E-state index is 0.101. The van der Waals surface area contributed by atoms with E-state index in [0.29, 0.717) is 18.4 Å². The van der Waals surface area contributed by atoms with Gasteiger partial charge in [0.2, 0.25) is 0 Å². The van der Waals surface area contributed by atoms with Gasteiger partial charge in [-0.2, -0.15) is 0 Å². The summed E-state index contributed by atoms with van der Waals surface area (Å²) in [5.41, 5.74) is 5.23. The van der Waals surface area contributed by atoms with E-state index in [1.165, 1.54) is 7.11 Å². The lowest BCUT2D eigenvalue weighted by atomic mass is 10.1. The predicted molar refractivity (Wildman–Crippen MR) is 84.9 cm³/mol. The summed E-state index contributed by atoms with van der Waals surface area (Å²) in [5.74, 6) is -0.327. The van der Waals surface area contributed by atoms with E-state index in [2.05, 4.69) is 21.6 Å². The van der Waals surface area contributed by atoms with Crippen molar-refractivity contribution in [1.29, 1.82) is 0 Å². The molecule has 116 valence electrons. The molecule has 2 rings (SSSR count). The highest BCUT2D eigenvalue weighted by molar-refractivity contribution is 6.01. The standard InChI is InChI=1S/C17H20N2O3/c1-5-13-11(3)17(21)19-15(13)8-14-10(2)12(9-18-14)6-7-16(20)22-4/h5,8-9,18H,1,6-7H2,2-4H3,(H,19,21)/b15-8-. The second-order valence-electron chi connectivity index (χ2n) is 5.18. The van der Waals surface area contributed by atoms with Crippen LogP contribution in [0.25, 0.3) is 6.08 Å². The number of rotatable bonds is 5. The first-order chi connectivity index (χ1) is 10.5. The van der Waals surface area contributed by atoms with Crippen LogP contribution < -0.4 is 5.32 Å². The Labute approximate surface area is 129 Å². The molecule has 1 aromatic heterocycles. The second-order valence-corrected chi connectivity index (χ2v) is 5.18. The van der Waals surface area contributed by atoms with E-state index in [0.717, 1.165) is 28.1 Å². The number of amides is 1. The van der Waals surface area contributed by atoms with Crippen molar-refractivity contribution < 1.29 is 14.3 Å². The van der Waals surface area contributed by atoms with Gasteiger partial charge in [-0.15, -0.1) is 0 Å². The molecular formula is C17H20N2O3. The maximum absolute atomic E-state index is 11.7. The maximum Gasteiger partial charge on any atom is 0.305 e. The first kappa shape index (κ1) is 15.8. The highest BCUT2D eigenvalue weighted by atomic mass is 16.5. The number of carbonyl (C=O) groups excluding carboxylic acids is 2. The number of hydrogen-bond acceptors (Lipinski definition) is 3. The van der Waals surface area contributed by atoms with E-state index < -0.39 is 0 Å². The molecule has 22 heavy (non-hydrogen) atoms. The quantitative estimate of drug-likeness (QED) is 0.820. The number of esters is 1. The average molecular weight is 300 g/mol. The number of ether oxygens (including phenoxy) is 1. The van der Waals surface area contributed by atoms with Gasteiger partial charge in [0.05, 0.1) is 12.8 Å².